The summed E-state index contributed by atoms with van der Waals surface area (Å²) in [6.07, 6.45) is -1.01. The number of aryl methyl sites for hydroxylation is 1. The Morgan fingerprint density at radius 1 is 1.50 bits per heavy atom. The Kier molecular flexibility index (Phi) is 2.86. The minimum atomic E-state index is -1.12. The van der Waals surface area contributed by atoms with Gasteiger partial charge in [0.1, 0.15) is 5.82 Å². The van der Waals surface area contributed by atoms with Crippen LogP contribution in [0.1, 0.15) is 34.5 Å². The lowest BCUT2D eigenvalue weighted by Gasteiger charge is -2.09. The van der Waals surface area contributed by atoms with Crippen LogP contribution in [0, 0.1) is 12.7 Å². The maximum absolute atomic E-state index is 13.2. The normalized spacial score (nSPS) is 12.6. The van der Waals surface area contributed by atoms with E-state index in [1.807, 2.05) is 0 Å². The number of benzene rings is 1. The fourth-order valence-electron chi connectivity index (χ4n) is 1.24. The molecule has 3 nitrogen and oxygen atoms in total. The molecule has 1 aromatic rings. The van der Waals surface area contributed by atoms with Crippen LogP contribution in [0.3, 0.4) is 0 Å². The summed E-state index contributed by atoms with van der Waals surface area (Å²) in [6, 6.07) is 2.28. The van der Waals surface area contributed by atoms with Gasteiger partial charge in [-0.25, -0.2) is 9.18 Å². The highest BCUT2D eigenvalue weighted by molar-refractivity contribution is 5.89. The molecule has 0 aliphatic rings. The fraction of sp³-hybridized carbons (Fsp3) is 0.300. The highest BCUT2D eigenvalue weighted by Gasteiger charge is 2.14. The predicted molar refractivity (Wildman–Crippen MR) is 48.7 cm³/mol. The third-order valence-corrected chi connectivity index (χ3v) is 2.02. The number of carboxylic acid groups (broad SMARTS) is 1. The molecule has 4 heteroatoms. The first-order valence-corrected chi connectivity index (χ1v) is 4.15. The van der Waals surface area contributed by atoms with E-state index in [1.165, 1.54) is 13.8 Å². The number of hydrogen-bond donors (Lipinski definition) is 2. The van der Waals surface area contributed by atoms with E-state index in [0.29, 0.717) is 5.56 Å². The Bertz CT molecular complexity index is 372. The molecule has 0 radical (unpaired) electrons. The van der Waals surface area contributed by atoms with Crippen molar-refractivity contribution >= 4 is 5.97 Å². The van der Waals surface area contributed by atoms with E-state index < -0.39 is 17.9 Å². The van der Waals surface area contributed by atoms with E-state index >= 15 is 0 Å². The van der Waals surface area contributed by atoms with E-state index in [1.54, 1.807) is 0 Å². The van der Waals surface area contributed by atoms with Crippen LogP contribution in [0.25, 0.3) is 0 Å². The zero-order chi connectivity index (χ0) is 10.9. The van der Waals surface area contributed by atoms with Gasteiger partial charge in [0.15, 0.2) is 0 Å². The van der Waals surface area contributed by atoms with Gasteiger partial charge < -0.3 is 10.2 Å². The molecule has 0 aliphatic heterocycles. The van der Waals surface area contributed by atoms with Crippen molar-refractivity contribution in [2.45, 2.75) is 20.0 Å². The number of aliphatic hydroxyl groups excluding tert-OH is 1. The minimum Gasteiger partial charge on any atom is -0.478 e. The van der Waals surface area contributed by atoms with Gasteiger partial charge in [0, 0.05) is 5.56 Å². The Morgan fingerprint density at radius 3 is 2.50 bits per heavy atom. The first-order chi connectivity index (χ1) is 6.43. The zero-order valence-electron chi connectivity index (χ0n) is 7.91. The van der Waals surface area contributed by atoms with Gasteiger partial charge in [-0.05, 0) is 31.5 Å². The van der Waals surface area contributed by atoms with E-state index in [2.05, 4.69) is 0 Å². The summed E-state index contributed by atoms with van der Waals surface area (Å²) in [5.41, 5.74) is 0.370. The lowest BCUT2D eigenvalue weighted by atomic mass is 10.0. The topological polar surface area (TPSA) is 57.5 Å². The molecule has 2 N–H and O–H groups in total. The number of aliphatic hydroxyl groups is 1. The Morgan fingerprint density at radius 2 is 2.07 bits per heavy atom. The third-order valence-electron chi connectivity index (χ3n) is 2.02. The van der Waals surface area contributed by atoms with Gasteiger partial charge in [-0.2, -0.15) is 0 Å². The van der Waals surface area contributed by atoms with Crippen molar-refractivity contribution in [2.75, 3.05) is 0 Å². The number of aromatic carboxylic acids is 1. The number of carboxylic acids is 1. The molecule has 0 aliphatic carbocycles. The van der Waals surface area contributed by atoms with Gasteiger partial charge in [-0.15, -0.1) is 0 Å². The van der Waals surface area contributed by atoms with Crippen LogP contribution in [-0.4, -0.2) is 16.2 Å². The molecule has 0 fully saturated rings. The molecular formula is C10H11FO3. The molecule has 0 spiro atoms. The summed E-state index contributed by atoms with van der Waals surface area (Å²) in [7, 11) is 0. The first-order valence-electron chi connectivity index (χ1n) is 4.15. The second-order valence-electron chi connectivity index (χ2n) is 3.17. The van der Waals surface area contributed by atoms with Crippen molar-refractivity contribution in [3.63, 3.8) is 0 Å². The SMILES string of the molecule is Cc1cc(F)c(C(C)O)cc1C(=O)O. The van der Waals surface area contributed by atoms with E-state index in [-0.39, 0.29) is 11.1 Å². The number of hydrogen-bond acceptors (Lipinski definition) is 2. The Labute approximate surface area is 80.8 Å². The molecule has 1 rings (SSSR count). The van der Waals surface area contributed by atoms with E-state index in [4.69, 9.17) is 10.2 Å². The summed E-state index contributed by atoms with van der Waals surface area (Å²) < 4.78 is 13.2. The standard InChI is InChI=1S/C10H11FO3/c1-5-3-9(11)8(6(2)12)4-7(5)10(13)14/h3-4,6,12H,1-2H3,(H,13,14). The molecule has 1 atom stereocenters. The molecule has 1 unspecified atom stereocenters. The summed E-state index contributed by atoms with van der Waals surface area (Å²) in [4.78, 5) is 10.7. The number of rotatable bonds is 2. The molecule has 0 saturated heterocycles. The van der Waals surface area contributed by atoms with Gasteiger partial charge in [0.05, 0.1) is 11.7 Å². The van der Waals surface area contributed by atoms with Crippen molar-refractivity contribution in [3.8, 4) is 0 Å². The van der Waals surface area contributed by atoms with Crippen LogP contribution in [-0.2, 0) is 0 Å². The van der Waals surface area contributed by atoms with Crippen molar-refractivity contribution in [1.29, 1.82) is 0 Å². The van der Waals surface area contributed by atoms with Crippen LogP contribution in [0.4, 0.5) is 4.39 Å². The van der Waals surface area contributed by atoms with Crippen molar-refractivity contribution in [3.05, 3.63) is 34.6 Å². The fourth-order valence-corrected chi connectivity index (χ4v) is 1.24. The maximum atomic E-state index is 13.2. The zero-order valence-corrected chi connectivity index (χ0v) is 7.91. The van der Waals surface area contributed by atoms with E-state index in [0.717, 1.165) is 12.1 Å². The number of carbonyl (C=O) groups is 1. The van der Waals surface area contributed by atoms with Crippen molar-refractivity contribution in [1.82, 2.24) is 0 Å². The molecule has 0 bridgehead atoms. The monoisotopic (exact) mass is 198 g/mol. The highest BCUT2D eigenvalue weighted by Crippen LogP contribution is 2.21. The smallest absolute Gasteiger partial charge is 0.335 e. The minimum absolute atomic E-state index is 0.00741. The van der Waals surface area contributed by atoms with E-state index in [9.17, 15) is 9.18 Å². The molecule has 1 aromatic carbocycles. The molecule has 14 heavy (non-hydrogen) atoms. The van der Waals surface area contributed by atoms with Crippen LogP contribution < -0.4 is 0 Å². The van der Waals surface area contributed by atoms with Gasteiger partial charge in [-0.3, -0.25) is 0 Å². The lowest BCUT2D eigenvalue weighted by Crippen LogP contribution is -2.05. The van der Waals surface area contributed by atoms with Gasteiger partial charge >= 0.3 is 5.97 Å². The largest absolute Gasteiger partial charge is 0.478 e. The van der Waals surface area contributed by atoms with Gasteiger partial charge in [-0.1, -0.05) is 0 Å². The summed E-state index contributed by atoms with van der Waals surface area (Å²) in [5, 5.41) is 17.9. The van der Waals surface area contributed by atoms with Gasteiger partial charge in [0.25, 0.3) is 0 Å². The summed E-state index contributed by atoms with van der Waals surface area (Å²) in [5.74, 6) is -1.70. The summed E-state index contributed by atoms with van der Waals surface area (Å²) in [6.45, 7) is 2.90. The van der Waals surface area contributed by atoms with Crippen LogP contribution in [0.5, 0.6) is 0 Å². The molecule has 0 amide bonds. The second-order valence-corrected chi connectivity index (χ2v) is 3.17. The molecule has 0 saturated carbocycles. The van der Waals surface area contributed by atoms with Crippen LogP contribution in [0.15, 0.2) is 12.1 Å². The highest BCUT2D eigenvalue weighted by atomic mass is 19.1. The van der Waals surface area contributed by atoms with Crippen molar-refractivity contribution < 1.29 is 19.4 Å². The van der Waals surface area contributed by atoms with Gasteiger partial charge in [0.2, 0.25) is 0 Å². The lowest BCUT2D eigenvalue weighted by molar-refractivity contribution is 0.0695. The Hall–Kier alpha value is -1.42. The molecular weight excluding hydrogens is 187 g/mol. The second kappa shape index (κ2) is 3.75. The summed E-state index contributed by atoms with van der Waals surface area (Å²) >= 11 is 0. The molecule has 76 valence electrons. The molecule has 0 heterocycles. The average molecular weight is 198 g/mol. The van der Waals surface area contributed by atoms with Crippen molar-refractivity contribution in [2.24, 2.45) is 0 Å². The van der Waals surface area contributed by atoms with Crippen LogP contribution in [0.2, 0.25) is 0 Å². The molecule has 0 aromatic heterocycles. The average Bonchev–Trinajstić information content (AvgIpc) is 2.02. The third kappa shape index (κ3) is 1.90. The quantitative estimate of drug-likeness (QED) is 0.762. The predicted octanol–water partition coefficient (Wildman–Crippen LogP) is 1.89. The number of halogens is 1. The Balaban J connectivity index is 3.34. The maximum Gasteiger partial charge on any atom is 0.335 e. The first kappa shape index (κ1) is 10.7. The van der Waals surface area contributed by atoms with Crippen LogP contribution >= 0.6 is 0 Å².